The Morgan fingerprint density at radius 2 is 1.71 bits per heavy atom. The first-order chi connectivity index (χ1) is 11.4. The molecule has 0 unspecified atom stereocenters. The maximum Gasteiger partial charge on any atom is 0.253 e. The molecule has 3 rings (SSSR count). The molecule has 1 aromatic carbocycles. The molecule has 1 aliphatic rings. The number of aromatic nitrogens is 1. The largest absolute Gasteiger partial charge is 0.339 e. The number of hydrogen-bond acceptors (Lipinski definition) is 4. The third kappa shape index (κ3) is 3.64. The Balaban J connectivity index is 1.86. The molecule has 0 spiro atoms. The first kappa shape index (κ1) is 16.6. The number of amides is 1. The first-order valence-corrected chi connectivity index (χ1v) is 9.90. The van der Waals surface area contributed by atoms with Crippen LogP contribution in [0.1, 0.15) is 29.6 Å². The van der Waals surface area contributed by atoms with Crippen LogP contribution in [0.5, 0.6) is 0 Å². The summed E-state index contributed by atoms with van der Waals surface area (Å²) in [5.41, 5.74) is 2.07. The minimum absolute atomic E-state index is 0.0334. The minimum atomic E-state index is -3.22. The average molecular weight is 344 g/mol. The second-order valence-corrected chi connectivity index (χ2v) is 8.09. The number of carbonyl (C=O) groups excluding carboxylic acids is 1. The predicted molar refractivity (Wildman–Crippen MR) is 92.5 cm³/mol. The Bertz CT molecular complexity index is 839. The van der Waals surface area contributed by atoms with Gasteiger partial charge < -0.3 is 4.90 Å². The van der Waals surface area contributed by atoms with Crippen LogP contribution in [0.15, 0.2) is 47.5 Å². The molecular weight excluding hydrogens is 324 g/mol. The smallest absolute Gasteiger partial charge is 0.253 e. The number of piperidine rings is 1. The van der Waals surface area contributed by atoms with Crippen molar-refractivity contribution in [3.05, 3.63) is 48.2 Å². The molecule has 1 fully saturated rings. The highest BCUT2D eigenvalue weighted by Crippen LogP contribution is 2.21. The zero-order valence-electron chi connectivity index (χ0n) is 13.6. The Kier molecular flexibility index (Phi) is 4.66. The van der Waals surface area contributed by atoms with Gasteiger partial charge in [0.15, 0.2) is 9.84 Å². The second kappa shape index (κ2) is 6.73. The summed E-state index contributed by atoms with van der Waals surface area (Å²) in [6.07, 6.45) is 6.08. The van der Waals surface area contributed by atoms with Gasteiger partial charge in [0.25, 0.3) is 5.91 Å². The molecule has 5 nitrogen and oxygen atoms in total. The normalized spacial score (nSPS) is 15.3. The number of nitrogens with zero attached hydrogens (tertiary/aromatic N) is 2. The van der Waals surface area contributed by atoms with Crippen LogP contribution in [0.25, 0.3) is 11.3 Å². The fraction of sp³-hybridized carbons (Fsp3) is 0.333. The monoisotopic (exact) mass is 344 g/mol. The Morgan fingerprint density at radius 1 is 1.04 bits per heavy atom. The SMILES string of the molecule is CS(=O)(=O)c1ccc(-c2cc(C(=O)N3CCCCC3)ccn2)cc1. The lowest BCUT2D eigenvalue weighted by Gasteiger charge is -2.26. The third-order valence-corrected chi connectivity index (χ3v) is 5.36. The van der Waals surface area contributed by atoms with Crippen LogP contribution in [-0.4, -0.2) is 43.6 Å². The fourth-order valence-electron chi connectivity index (χ4n) is 2.87. The minimum Gasteiger partial charge on any atom is -0.339 e. The highest BCUT2D eigenvalue weighted by Gasteiger charge is 2.18. The van der Waals surface area contributed by atoms with E-state index in [0.29, 0.717) is 11.3 Å². The van der Waals surface area contributed by atoms with Crippen molar-refractivity contribution in [1.82, 2.24) is 9.88 Å². The van der Waals surface area contributed by atoms with E-state index in [9.17, 15) is 13.2 Å². The number of pyridine rings is 1. The lowest BCUT2D eigenvalue weighted by molar-refractivity contribution is 0.0724. The van der Waals surface area contributed by atoms with E-state index >= 15 is 0 Å². The van der Waals surface area contributed by atoms with Gasteiger partial charge in [0, 0.05) is 36.7 Å². The molecule has 1 amide bonds. The number of sulfone groups is 1. The highest BCUT2D eigenvalue weighted by atomic mass is 32.2. The lowest BCUT2D eigenvalue weighted by atomic mass is 10.1. The molecule has 126 valence electrons. The molecule has 0 aliphatic carbocycles. The number of hydrogen-bond donors (Lipinski definition) is 0. The van der Waals surface area contributed by atoms with Crippen molar-refractivity contribution in [3.63, 3.8) is 0 Å². The van der Waals surface area contributed by atoms with Crippen LogP contribution in [0.2, 0.25) is 0 Å². The van der Waals surface area contributed by atoms with Crippen LogP contribution in [0.3, 0.4) is 0 Å². The molecule has 2 heterocycles. The van der Waals surface area contributed by atoms with Gasteiger partial charge in [-0.15, -0.1) is 0 Å². The third-order valence-electron chi connectivity index (χ3n) is 4.23. The molecule has 1 aromatic heterocycles. The molecule has 6 heteroatoms. The van der Waals surface area contributed by atoms with Crippen molar-refractivity contribution in [1.29, 1.82) is 0 Å². The van der Waals surface area contributed by atoms with Crippen LogP contribution in [0, 0.1) is 0 Å². The average Bonchev–Trinajstić information content (AvgIpc) is 2.61. The molecular formula is C18H20N2O3S. The predicted octanol–water partition coefficient (Wildman–Crippen LogP) is 2.78. The molecule has 1 aliphatic heterocycles. The number of likely N-dealkylation sites (tertiary alicyclic amines) is 1. The lowest BCUT2D eigenvalue weighted by Crippen LogP contribution is -2.35. The van der Waals surface area contributed by atoms with Gasteiger partial charge in [-0.1, -0.05) is 12.1 Å². The van der Waals surface area contributed by atoms with Crippen LogP contribution in [0.4, 0.5) is 0 Å². The number of rotatable bonds is 3. The van der Waals surface area contributed by atoms with Gasteiger partial charge in [0.1, 0.15) is 0 Å². The van der Waals surface area contributed by atoms with Gasteiger partial charge in [0.2, 0.25) is 0 Å². The second-order valence-electron chi connectivity index (χ2n) is 6.08. The summed E-state index contributed by atoms with van der Waals surface area (Å²) in [6.45, 7) is 1.61. The number of benzene rings is 1. The van der Waals surface area contributed by atoms with Crippen LogP contribution in [-0.2, 0) is 9.84 Å². The van der Waals surface area contributed by atoms with E-state index in [1.807, 2.05) is 4.90 Å². The number of carbonyl (C=O) groups is 1. The summed E-state index contributed by atoms with van der Waals surface area (Å²) in [5.74, 6) is 0.0334. The van der Waals surface area contributed by atoms with Gasteiger partial charge in [-0.05, 0) is 43.5 Å². The van der Waals surface area contributed by atoms with Crippen molar-refractivity contribution in [2.45, 2.75) is 24.2 Å². The molecule has 2 aromatic rings. The Hall–Kier alpha value is -2.21. The maximum atomic E-state index is 12.6. The van der Waals surface area contributed by atoms with E-state index in [1.54, 1.807) is 42.6 Å². The van der Waals surface area contributed by atoms with E-state index in [4.69, 9.17) is 0 Å². The molecule has 0 radical (unpaired) electrons. The Labute approximate surface area is 142 Å². The maximum absolute atomic E-state index is 12.6. The van der Waals surface area contributed by atoms with Crippen LogP contribution < -0.4 is 0 Å². The van der Waals surface area contributed by atoms with E-state index in [1.165, 1.54) is 12.7 Å². The van der Waals surface area contributed by atoms with Crippen molar-refractivity contribution < 1.29 is 13.2 Å². The zero-order chi connectivity index (χ0) is 17.2. The summed E-state index contributed by atoms with van der Waals surface area (Å²) < 4.78 is 23.1. The quantitative estimate of drug-likeness (QED) is 0.859. The van der Waals surface area contributed by atoms with Gasteiger partial charge >= 0.3 is 0 Å². The van der Waals surface area contributed by atoms with E-state index in [-0.39, 0.29) is 10.8 Å². The van der Waals surface area contributed by atoms with Crippen molar-refractivity contribution in [2.24, 2.45) is 0 Å². The van der Waals surface area contributed by atoms with Gasteiger partial charge in [-0.3, -0.25) is 9.78 Å². The van der Waals surface area contributed by atoms with Crippen molar-refractivity contribution in [3.8, 4) is 11.3 Å². The van der Waals surface area contributed by atoms with E-state index in [2.05, 4.69) is 4.98 Å². The molecule has 0 saturated carbocycles. The molecule has 0 atom stereocenters. The topological polar surface area (TPSA) is 67.3 Å². The Morgan fingerprint density at radius 3 is 2.33 bits per heavy atom. The summed E-state index contributed by atoms with van der Waals surface area (Å²) in [7, 11) is -3.22. The van der Waals surface area contributed by atoms with E-state index in [0.717, 1.165) is 31.5 Å². The standard InChI is InChI=1S/C18H20N2O3S/c1-24(22,23)16-7-5-14(6-8-16)17-13-15(9-10-19-17)18(21)20-11-3-2-4-12-20/h5-10,13H,2-4,11-12H2,1H3. The molecule has 24 heavy (non-hydrogen) atoms. The molecule has 0 bridgehead atoms. The van der Waals surface area contributed by atoms with Gasteiger partial charge in [-0.2, -0.15) is 0 Å². The molecule has 1 saturated heterocycles. The van der Waals surface area contributed by atoms with Gasteiger partial charge in [-0.25, -0.2) is 8.42 Å². The van der Waals surface area contributed by atoms with Gasteiger partial charge in [0.05, 0.1) is 10.6 Å². The molecule has 0 N–H and O–H groups in total. The summed E-state index contributed by atoms with van der Waals surface area (Å²) in [5, 5.41) is 0. The summed E-state index contributed by atoms with van der Waals surface area (Å²) >= 11 is 0. The first-order valence-electron chi connectivity index (χ1n) is 8.01. The summed E-state index contributed by atoms with van der Waals surface area (Å²) in [6, 6.07) is 10.1. The van der Waals surface area contributed by atoms with Crippen molar-refractivity contribution in [2.75, 3.05) is 19.3 Å². The van der Waals surface area contributed by atoms with E-state index < -0.39 is 9.84 Å². The zero-order valence-corrected chi connectivity index (χ0v) is 14.4. The summed E-state index contributed by atoms with van der Waals surface area (Å²) in [4.78, 5) is 19.1. The van der Waals surface area contributed by atoms with Crippen molar-refractivity contribution >= 4 is 15.7 Å². The fourth-order valence-corrected chi connectivity index (χ4v) is 3.50. The highest BCUT2D eigenvalue weighted by molar-refractivity contribution is 7.90. The van der Waals surface area contributed by atoms with Crippen LogP contribution >= 0.6 is 0 Å².